The molecule has 0 aliphatic carbocycles. The molecule has 34 heavy (non-hydrogen) atoms. The number of nitrogens with zero attached hydrogens (tertiary/aromatic N) is 2. The molecule has 0 bridgehead atoms. The highest BCUT2D eigenvalue weighted by Crippen LogP contribution is 2.15. The number of hydrogen-bond acceptors (Lipinski definition) is 6. The molecule has 0 fully saturated rings. The highest BCUT2D eigenvalue weighted by molar-refractivity contribution is 7.92. The first-order chi connectivity index (χ1) is 16.1. The van der Waals surface area contributed by atoms with Crippen molar-refractivity contribution in [1.29, 1.82) is 0 Å². The monoisotopic (exact) mass is 490 g/mol. The summed E-state index contributed by atoms with van der Waals surface area (Å²) in [5.74, 6) is -0.625. The standard InChI is InChI=1S/C22H30N6O5S/c1-34(32,33)27-20-17(10-9-16-6-3-2-4-7-16)11-13-28(21(20)31)14-19(30)26-18(15-29)8-5-12-25-22(23)24/h2-4,6-7,11,13,15,18,27H,5,8-10,12,14H2,1H3,(H,26,30)(H4,23,24,25)/t18-/m0/s1. The van der Waals surface area contributed by atoms with E-state index in [2.05, 4.69) is 15.0 Å². The van der Waals surface area contributed by atoms with Gasteiger partial charge in [-0.25, -0.2) is 8.42 Å². The maximum Gasteiger partial charge on any atom is 0.275 e. The van der Waals surface area contributed by atoms with Gasteiger partial charge in [-0.2, -0.15) is 0 Å². The molecule has 11 nitrogen and oxygen atoms in total. The average molecular weight is 491 g/mol. The number of amides is 1. The zero-order valence-corrected chi connectivity index (χ0v) is 19.8. The number of aryl methyl sites for hydroxylation is 2. The predicted octanol–water partition coefficient (Wildman–Crippen LogP) is -0.258. The predicted molar refractivity (Wildman–Crippen MR) is 131 cm³/mol. The summed E-state index contributed by atoms with van der Waals surface area (Å²) in [6.45, 7) is -0.0680. The third kappa shape index (κ3) is 9.06. The number of aldehydes is 1. The van der Waals surface area contributed by atoms with Crippen molar-refractivity contribution in [2.45, 2.75) is 38.3 Å². The maximum absolute atomic E-state index is 13.0. The number of aliphatic imine (C=N–C) groups is 1. The Morgan fingerprint density at radius 1 is 1.18 bits per heavy atom. The maximum atomic E-state index is 13.0. The average Bonchev–Trinajstić information content (AvgIpc) is 2.77. The fraction of sp³-hybridized carbons (Fsp3) is 0.364. The van der Waals surface area contributed by atoms with Crippen molar-refractivity contribution in [3.63, 3.8) is 0 Å². The van der Waals surface area contributed by atoms with Crippen LogP contribution in [0.25, 0.3) is 0 Å². The molecule has 0 saturated heterocycles. The number of pyridine rings is 1. The number of carbonyl (C=O) groups is 2. The number of hydrogen-bond donors (Lipinski definition) is 4. The van der Waals surface area contributed by atoms with Crippen LogP contribution in [0.3, 0.4) is 0 Å². The van der Waals surface area contributed by atoms with Crippen LogP contribution in [0.1, 0.15) is 24.0 Å². The van der Waals surface area contributed by atoms with Crippen molar-refractivity contribution in [1.82, 2.24) is 9.88 Å². The van der Waals surface area contributed by atoms with Gasteiger partial charge in [0.1, 0.15) is 18.5 Å². The Labute approximate surface area is 198 Å². The molecule has 2 aromatic rings. The van der Waals surface area contributed by atoms with Crippen LogP contribution in [0.15, 0.2) is 52.4 Å². The topological polar surface area (TPSA) is 179 Å². The minimum absolute atomic E-state index is 0.0585. The first-order valence-electron chi connectivity index (χ1n) is 10.6. The Hall–Kier alpha value is -3.67. The molecule has 1 aromatic carbocycles. The molecule has 184 valence electrons. The number of anilines is 1. The van der Waals surface area contributed by atoms with Crippen molar-refractivity contribution >= 4 is 33.9 Å². The van der Waals surface area contributed by atoms with Gasteiger partial charge in [-0.05, 0) is 42.9 Å². The Balaban J connectivity index is 2.14. The van der Waals surface area contributed by atoms with E-state index in [-0.39, 0.29) is 18.2 Å². The molecule has 0 unspecified atom stereocenters. The number of sulfonamides is 1. The van der Waals surface area contributed by atoms with Gasteiger partial charge in [0.15, 0.2) is 5.96 Å². The number of aromatic nitrogens is 1. The Morgan fingerprint density at radius 2 is 1.88 bits per heavy atom. The number of benzene rings is 1. The van der Waals surface area contributed by atoms with Crippen LogP contribution in [0, 0.1) is 0 Å². The number of carbonyl (C=O) groups excluding carboxylic acids is 2. The Bertz CT molecular complexity index is 1170. The van der Waals surface area contributed by atoms with Crippen LogP contribution < -0.4 is 27.1 Å². The van der Waals surface area contributed by atoms with E-state index >= 15 is 0 Å². The highest BCUT2D eigenvalue weighted by Gasteiger charge is 2.17. The van der Waals surface area contributed by atoms with E-state index in [1.54, 1.807) is 6.07 Å². The van der Waals surface area contributed by atoms with Gasteiger partial charge in [0.2, 0.25) is 15.9 Å². The summed E-state index contributed by atoms with van der Waals surface area (Å²) < 4.78 is 27.1. The van der Waals surface area contributed by atoms with Gasteiger partial charge < -0.3 is 26.1 Å². The van der Waals surface area contributed by atoms with Crippen molar-refractivity contribution in [2.75, 3.05) is 17.5 Å². The summed E-state index contributed by atoms with van der Waals surface area (Å²) in [7, 11) is -3.73. The van der Waals surface area contributed by atoms with E-state index in [0.29, 0.717) is 44.1 Å². The van der Waals surface area contributed by atoms with Gasteiger partial charge in [0, 0.05) is 12.7 Å². The van der Waals surface area contributed by atoms with Crippen LogP contribution in [0.5, 0.6) is 0 Å². The van der Waals surface area contributed by atoms with Crippen molar-refractivity contribution in [3.05, 3.63) is 64.1 Å². The molecular formula is C22H30N6O5S. The molecule has 12 heteroatoms. The molecule has 0 aliphatic rings. The van der Waals surface area contributed by atoms with Crippen LogP contribution in [0.2, 0.25) is 0 Å². The smallest absolute Gasteiger partial charge is 0.275 e. The molecular weight excluding hydrogens is 460 g/mol. The first-order valence-corrected chi connectivity index (χ1v) is 12.5. The van der Waals surface area contributed by atoms with Crippen LogP contribution in [0.4, 0.5) is 5.69 Å². The highest BCUT2D eigenvalue weighted by atomic mass is 32.2. The minimum atomic E-state index is -3.73. The summed E-state index contributed by atoms with van der Waals surface area (Å²) in [5, 5.41) is 2.54. The molecule has 0 saturated carbocycles. The number of rotatable bonds is 13. The van der Waals surface area contributed by atoms with E-state index in [1.165, 1.54) is 6.20 Å². The summed E-state index contributed by atoms with van der Waals surface area (Å²) in [5.41, 5.74) is 11.3. The molecule has 1 aromatic heterocycles. The largest absolute Gasteiger partial charge is 0.370 e. The van der Waals surface area contributed by atoms with Crippen molar-refractivity contribution in [2.24, 2.45) is 16.5 Å². The summed E-state index contributed by atoms with van der Waals surface area (Å²) in [6, 6.07) is 10.4. The molecule has 2 rings (SSSR count). The van der Waals surface area contributed by atoms with Gasteiger partial charge >= 0.3 is 0 Å². The Kier molecular flexibility index (Phi) is 9.80. The fourth-order valence-corrected chi connectivity index (χ4v) is 3.85. The van der Waals surface area contributed by atoms with Gasteiger partial charge in [-0.15, -0.1) is 0 Å². The molecule has 1 atom stereocenters. The molecule has 1 amide bonds. The summed E-state index contributed by atoms with van der Waals surface area (Å²) in [6.07, 6.45) is 4.80. The third-order valence-electron chi connectivity index (χ3n) is 4.86. The fourth-order valence-electron chi connectivity index (χ4n) is 3.26. The van der Waals surface area contributed by atoms with E-state index in [4.69, 9.17) is 11.5 Å². The summed E-state index contributed by atoms with van der Waals surface area (Å²) >= 11 is 0. The number of nitrogens with one attached hydrogen (secondary N) is 2. The first kappa shape index (κ1) is 26.6. The lowest BCUT2D eigenvalue weighted by molar-refractivity contribution is -0.124. The normalized spacial score (nSPS) is 11.9. The third-order valence-corrected chi connectivity index (χ3v) is 5.43. The minimum Gasteiger partial charge on any atom is -0.370 e. The molecule has 0 spiro atoms. The van der Waals surface area contributed by atoms with Crippen LogP contribution >= 0.6 is 0 Å². The second-order valence-electron chi connectivity index (χ2n) is 7.77. The van der Waals surface area contributed by atoms with Gasteiger partial charge in [-0.3, -0.25) is 19.3 Å². The van der Waals surface area contributed by atoms with E-state index in [1.807, 2.05) is 30.3 Å². The van der Waals surface area contributed by atoms with Crippen molar-refractivity contribution in [3.8, 4) is 0 Å². The van der Waals surface area contributed by atoms with Gasteiger partial charge in [-0.1, -0.05) is 30.3 Å². The lowest BCUT2D eigenvalue weighted by Gasteiger charge is -2.15. The lowest BCUT2D eigenvalue weighted by Crippen LogP contribution is -2.40. The zero-order valence-electron chi connectivity index (χ0n) is 18.9. The van der Waals surface area contributed by atoms with E-state index in [9.17, 15) is 22.8 Å². The van der Waals surface area contributed by atoms with Gasteiger partial charge in [0.25, 0.3) is 5.56 Å². The van der Waals surface area contributed by atoms with Crippen LogP contribution in [-0.4, -0.2) is 50.0 Å². The second kappa shape index (κ2) is 12.5. The molecule has 0 aliphatic heterocycles. The van der Waals surface area contributed by atoms with Crippen molar-refractivity contribution < 1.29 is 18.0 Å². The number of guanidine groups is 1. The Morgan fingerprint density at radius 3 is 2.50 bits per heavy atom. The lowest BCUT2D eigenvalue weighted by atomic mass is 10.0. The van der Waals surface area contributed by atoms with Crippen LogP contribution in [-0.2, 0) is 39.0 Å². The summed E-state index contributed by atoms with van der Waals surface area (Å²) in [4.78, 5) is 40.5. The van der Waals surface area contributed by atoms with E-state index in [0.717, 1.165) is 16.4 Å². The quantitative estimate of drug-likeness (QED) is 0.129. The second-order valence-corrected chi connectivity index (χ2v) is 9.52. The molecule has 1 heterocycles. The molecule has 0 radical (unpaired) electrons. The zero-order chi connectivity index (χ0) is 25.1. The number of nitrogens with two attached hydrogens (primary N) is 2. The molecule has 6 N–H and O–H groups in total. The SMILES string of the molecule is CS(=O)(=O)Nc1c(CCc2ccccc2)ccn(CC(=O)N[C@H](C=O)CCCN=C(N)N)c1=O. The van der Waals surface area contributed by atoms with E-state index < -0.39 is 27.5 Å². The van der Waals surface area contributed by atoms with Gasteiger partial charge in [0.05, 0.1) is 12.3 Å².